The van der Waals surface area contributed by atoms with Crippen LogP contribution in [0.5, 0.6) is 5.75 Å². The molecule has 0 spiro atoms. The predicted molar refractivity (Wildman–Crippen MR) is 141 cm³/mol. The number of benzene rings is 4. The van der Waals surface area contributed by atoms with E-state index >= 15 is 0 Å². The summed E-state index contributed by atoms with van der Waals surface area (Å²) < 4.78 is 7.48. The average molecular weight is 498 g/mol. The highest BCUT2D eigenvalue weighted by Gasteiger charge is 2.12. The van der Waals surface area contributed by atoms with Gasteiger partial charge in [-0.3, -0.25) is 4.79 Å². The summed E-state index contributed by atoms with van der Waals surface area (Å²) in [4.78, 5) is 29.3. The lowest BCUT2D eigenvalue weighted by Crippen LogP contribution is -2.19. The molecule has 5 rings (SSSR count). The van der Waals surface area contributed by atoms with Crippen molar-refractivity contribution >= 4 is 62.2 Å². The van der Waals surface area contributed by atoms with Gasteiger partial charge in [-0.25, -0.2) is 15.2 Å². The van der Waals surface area contributed by atoms with Crippen molar-refractivity contribution in [2.75, 3.05) is 5.75 Å². The first-order valence-electron chi connectivity index (χ1n) is 10.8. The first kappa shape index (κ1) is 22.8. The molecule has 5 aromatic rings. The summed E-state index contributed by atoms with van der Waals surface area (Å²) in [5, 5.41) is 5.83. The highest BCUT2D eigenvalue weighted by Crippen LogP contribution is 2.29. The van der Waals surface area contributed by atoms with E-state index in [-0.39, 0.29) is 11.7 Å². The number of carbonyl (C=O) groups excluding carboxylic acids is 2. The van der Waals surface area contributed by atoms with Gasteiger partial charge in [-0.2, -0.15) is 5.10 Å². The zero-order valence-electron chi connectivity index (χ0n) is 18.4. The first-order chi connectivity index (χ1) is 17.2. The van der Waals surface area contributed by atoms with Gasteiger partial charge in [0.15, 0.2) is 4.34 Å². The van der Waals surface area contributed by atoms with Gasteiger partial charge in [0.1, 0.15) is 5.75 Å². The molecular formula is C27H19N3O3S2. The third-order valence-electron chi connectivity index (χ3n) is 5.10. The van der Waals surface area contributed by atoms with Crippen LogP contribution in [0.1, 0.15) is 15.9 Å². The molecule has 172 valence electrons. The fraction of sp³-hybridized carbons (Fsp3) is 0.0370. The zero-order valence-corrected chi connectivity index (χ0v) is 20.0. The van der Waals surface area contributed by atoms with Crippen molar-refractivity contribution in [1.82, 2.24) is 10.4 Å². The van der Waals surface area contributed by atoms with Gasteiger partial charge in [-0.15, -0.1) is 11.3 Å². The molecule has 0 radical (unpaired) electrons. The summed E-state index contributed by atoms with van der Waals surface area (Å²) in [6.07, 6.45) is 1.54. The number of amides is 1. The third kappa shape index (κ3) is 5.56. The highest BCUT2D eigenvalue weighted by molar-refractivity contribution is 8.01. The number of carbonyl (C=O) groups is 2. The normalized spacial score (nSPS) is 11.2. The van der Waals surface area contributed by atoms with E-state index in [2.05, 4.69) is 15.5 Å². The molecule has 0 aliphatic carbocycles. The van der Waals surface area contributed by atoms with Gasteiger partial charge in [0.25, 0.3) is 5.91 Å². The number of nitrogens with zero attached hydrogens (tertiary/aromatic N) is 2. The molecule has 0 aliphatic heterocycles. The second-order valence-electron chi connectivity index (χ2n) is 7.51. The maximum atomic E-state index is 12.7. The van der Waals surface area contributed by atoms with Gasteiger partial charge in [-0.05, 0) is 58.8 Å². The number of ether oxygens (including phenoxy) is 1. The van der Waals surface area contributed by atoms with E-state index < -0.39 is 5.97 Å². The van der Waals surface area contributed by atoms with Gasteiger partial charge >= 0.3 is 5.97 Å². The summed E-state index contributed by atoms with van der Waals surface area (Å²) in [7, 11) is 0. The van der Waals surface area contributed by atoms with Crippen LogP contribution < -0.4 is 10.2 Å². The fourth-order valence-corrected chi connectivity index (χ4v) is 5.30. The Bertz CT molecular complexity index is 1510. The van der Waals surface area contributed by atoms with Crippen molar-refractivity contribution in [2.24, 2.45) is 5.10 Å². The molecule has 0 saturated carbocycles. The van der Waals surface area contributed by atoms with Crippen LogP contribution in [0.15, 0.2) is 100 Å². The Hall–Kier alpha value is -4.01. The minimum Gasteiger partial charge on any atom is -0.423 e. The topological polar surface area (TPSA) is 80.7 Å². The second kappa shape index (κ2) is 10.5. The lowest BCUT2D eigenvalue weighted by atomic mass is 10.0. The van der Waals surface area contributed by atoms with Crippen molar-refractivity contribution in [3.8, 4) is 5.75 Å². The fourth-order valence-electron chi connectivity index (χ4n) is 3.44. The Morgan fingerprint density at radius 2 is 1.71 bits per heavy atom. The van der Waals surface area contributed by atoms with Crippen molar-refractivity contribution in [1.29, 1.82) is 0 Å². The quantitative estimate of drug-likeness (QED) is 0.0994. The second-order valence-corrected chi connectivity index (χ2v) is 9.77. The van der Waals surface area contributed by atoms with Crippen LogP contribution in [-0.2, 0) is 4.79 Å². The average Bonchev–Trinajstić information content (AvgIpc) is 3.31. The molecule has 0 unspecified atom stereocenters. The summed E-state index contributed by atoms with van der Waals surface area (Å²) in [6, 6.07) is 28.0. The van der Waals surface area contributed by atoms with Crippen molar-refractivity contribution < 1.29 is 14.3 Å². The maximum Gasteiger partial charge on any atom is 0.344 e. The Morgan fingerprint density at radius 3 is 2.57 bits per heavy atom. The molecule has 0 aliphatic rings. The van der Waals surface area contributed by atoms with Crippen LogP contribution in [-0.4, -0.2) is 28.8 Å². The van der Waals surface area contributed by atoms with Crippen LogP contribution in [0.4, 0.5) is 0 Å². The Labute approximate surface area is 209 Å². The number of fused-ring (bicyclic) bond motifs is 2. The maximum absolute atomic E-state index is 12.7. The number of nitrogens with one attached hydrogen (secondary N) is 1. The largest absolute Gasteiger partial charge is 0.423 e. The Morgan fingerprint density at radius 1 is 0.943 bits per heavy atom. The van der Waals surface area contributed by atoms with Crippen LogP contribution in [0.2, 0.25) is 0 Å². The molecule has 35 heavy (non-hydrogen) atoms. The highest BCUT2D eigenvalue weighted by atomic mass is 32.2. The number of hydrazone groups is 1. The minimum absolute atomic E-state index is 0.217. The zero-order chi connectivity index (χ0) is 24.0. The van der Waals surface area contributed by atoms with Gasteiger partial charge < -0.3 is 4.74 Å². The molecule has 6 nitrogen and oxygen atoms in total. The summed E-state index contributed by atoms with van der Waals surface area (Å²) in [5.41, 5.74) is 4.73. The van der Waals surface area contributed by atoms with Crippen LogP contribution in [0.3, 0.4) is 0 Å². The van der Waals surface area contributed by atoms with Crippen molar-refractivity contribution in [2.45, 2.75) is 4.34 Å². The van der Waals surface area contributed by atoms with Gasteiger partial charge in [0.05, 0.1) is 27.7 Å². The molecule has 1 heterocycles. The van der Waals surface area contributed by atoms with E-state index in [4.69, 9.17) is 4.74 Å². The number of rotatable bonds is 7. The molecule has 1 amide bonds. The Kier molecular flexibility index (Phi) is 6.83. The van der Waals surface area contributed by atoms with Crippen LogP contribution in [0, 0.1) is 0 Å². The molecule has 0 bridgehead atoms. The number of hydrogen-bond acceptors (Lipinski definition) is 7. The lowest BCUT2D eigenvalue weighted by molar-refractivity contribution is -0.118. The monoisotopic (exact) mass is 497 g/mol. The SMILES string of the molecule is O=C(CSc1nc2ccccc2s1)N/N=C\c1ccc(OC(=O)c2cccc3ccccc23)cc1. The molecule has 0 fully saturated rings. The van der Waals surface area contributed by atoms with E-state index in [1.54, 1.807) is 41.7 Å². The van der Waals surface area contributed by atoms with Gasteiger partial charge in [-0.1, -0.05) is 60.3 Å². The molecule has 8 heteroatoms. The summed E-state index contributed by atoms with van der Waals surface area (Å²) >= 11 is 2.94. The number of esters is 1. The number of thioether (sulfide) groups is 1. The summed E-state index contributed by atoms with van der Waals surface area (Å²) in [6.45, 7) is 0. The van der Waals surface area contributed by atoms with E-state index in [1.807, 2.05) is 60.7 Å². The van der Waals surface area contributed by atoms with E-state index in [0.29, 0.717) is 11.3 Å². The van der Waals surface area contributed by atoms with E-state index in [0.717, 1.165) is 30.9 Å². The van der Waals surface area contributed by atoms with Crippen molar-refractivity contribution in [3.05, 3.63) is 102 Å². The number of hydrogen-bond donors (Lipinski definition) is 1. The number of aromatic nitrogens is 1. The number of para-hydroxylation sites is 1. The lowest BCUT2D eigenvalue weighted by Gasteiger charge is -2.07. The number of thiazole rings is 1. The summed E-state index contributed by atoms with van der Waals surface area (Å²) in [5.74, 6) is 0.0174. The van der Waals surface area contributed by atoms with Gasteiger partial charge in [0, 0.05) is 0 Å². The molecule has 0 atom stereocenters. The predicted octanol–water partition coefficient (Wildman–Crippen LogP) is 5.91. The smallest absolute Gasteiger partial charge is 0.344 e. The molecular weight excluding hydrogens is 478 g/mol. The van der Waals surface area contributed by atoms with Crippen LogP contribution in [0.25, 0.3) is 21.0 Å². The minimum atomic E-state index is -0.416. The van der Waals surface area contributed by atoms with Crippen LogP contribution >= 0.6 is 23.1 Å². The molecule has 1 aromatic heterocycles. The standard InChI is InChI=1S/C27H19N3O3S2/c31-25(17-34-27-29-23-10-3-4-11-24(23)35-27)30-28-16-18-12-14-20(15-13-18)33-26(32)22-9-5-7-19-6-1-2-8-21(19)22/h1-16H,17H2,(H,30,31)/b28-16-. The molecule has 1 N–H and O–H groups in total. The molecule has 4 aromatic carbocycles. The van der Waals surface area contributed by atoms with E-state index in [1.165, 1.54) is 18.0 Å². The Balaban J connectivity index is 1.13. The van der Waals surface area contributed by atoms with Gasteiger partial charge in [0.2, 0.25) is 0 Å². The third-order valence-corrected chi connectivity index (χ3v) is 7.28. The molecule has 0 saturated heterocycles. The van der Waals surface area contributed by atoms with E-state index in [9.17, 15) is 9.59 Å². The van der Waals surface area contributed by atoms with Crippen molar-refractivity contribution in [3.63, 3.8) is 0 Å². The first-order valence-corrected chi connectivity index (χ1v) is 12.6.